The molecular formula is C14H12BrN3. The molecule has 0 aliphatic rings. The Hall–Kier alpha value is -1.99. The summed E-state index contributed by atoms with van der Waals surface area (Å²) < 4.78 is 1.04. The molecule has 0 unspecified atom stereocenters. The fourth-order valence-corrected chi connectivity index (χ4v) is 2.11. The highest BCUT2D eigenvalue weighted by molar-refractivity contribution is 9.10. The highest BCUT2D eigenvalue weighted by atomic mass is 79.9. The summed E-state index contributed by atoms with van der Waals surface area (Å²) in [4.78, 5) is 0. The highest BCUT2D eigenvalue weighted by Gasteiger charge is 2.03. The summed E-state index contributed by atoms with van der Waals surface area (Å²) in [6.45, 7) is 0.665. The van der Waals surface area contributed by atoms with Gasteiger partial charge in [0.05, 0.1) is 16.9 Å². The van der Waals surface area contributed by atoms with Crippen molar-refractivity contribution in [3.05, 3.63) is 58.1 Å². The molecule has 90 valence electrons. The molecular weight excluding hydrogens is 290 g/mol. The summed E-state index contributed by atoms with van der Waals surface area (Å²) in [7, 11) is 0. The number of hydrogen-bond donors (Lipinski definition) is 2. The van der Waals surface area contributed by atoms with Crippen molar-refractivity contribution in [2.45, 2.75) is 6.54 Å². The van der Waals surface area contributed by atoms with E-state index in [2.05, 4.69) is 27.3 Å². The molecule has 3 nitrogen and oxygen atoms in total. The van der Waals surface area contributed by atoms with E-state index < -0.39 is 0 Å². The third-order valence-corrected chi connectivity index (χ3v) is 3.09. The largest absolute Gasteiger partial charge is 0.396 e. The summed E-state index contributed by atoms with van der Waals surface area (Å²) in [5, 5.41) is 12.1. The average molecular weight is 302 g/mol. The molecule has 0 atom stereocenters. The second-order valence-electron chi connectivity index (χ2n) is 3.86. The lowest BCUT2D eigenvalue weighted by atomic mass is 10.1. The number of rotatable bonds is 3. The molecule has 0 amide bonds. The van der Waals surface area contributed by atoms with Crippen LogP contribution in [0.25, 0.3) is 0 Å². The summed E-state index contributed by atoms with van der Waals surface area (Å²) in [5.41, 5.74) is 8.81. The molecule has 0 bridgehead atoms. The Bertz CT molecular complexity index is 602. The van der Waals surface area contributed by atoms with Crippen molar-refractivity contribution in [3.8, 4) is 6.07 Å². The Labute approximate surface area is 114 Å². The van der Waals surface area contributed by atoms with Crippen LogP contribution < -0.4 is 11.1 Å². The molecule has 0 aliphatic heterocycles. The van der Waals surface area contributed by atoms with Gasteiger partial charge < -0.3 is 11.1 Å². The molecule has 0 radical (unpaired) electrons. The number of benzene rings is 2. The van der Waals surface area contributed by atoms with Crippen molar-refractivity contribution in [3.63, 3.8) is 0 Å². The Balaban J connectivity index is 2.14. The van der Waals surface area contributed by atoms with Gasteiger partial charge in [0.2, 0.25) is 0 Å². The van der Waals surface area contributed by atoms with Gasteiger partial charge in [-0.05, 0) is 29.8 Å². The van der Waals surface area contributed by atoms with Crippen molar-refractivity contribution < 1.29 is 0 Å². The lowest BCUT2D eigenvalue weighted by Crippen LogP contribution is -2.03. The van der Waals surface area contributed by atoms with Gasteiger partial charge in [-0.15, -0.1) is 0 Å². The van der Waals surface area contributed by atoms with Gasteiger partial charge in [0, 0.05) is 11.0 Å². The topological polar surface area (TPSA) is 61.8 Å². The number of nitriles is 1. The van der Waals surface area contributed by atoms with Gasteiger partial charge in [-0.25, -0.2) is 0 Å². The Morgan fingerprint density at radius 1 is 1.22 bits per heavy atom. The van der Waals surface area contributed by atoms with Crippen LogP contribution >= 0.6 is 15.9 Å². The molecule has 18 heavy (non-hydrogen) atoms. The van der Waals surface area contributed by atoms with Gasteiger partial charge in [-0.2, -0.15) is 5.26 Å². The van der Waals surface area contributed by atoms with E-state index in [1.165, 1.54) is 0 Å². The SMILES string of the molecule is N#Cc1cccc(NCc2cccc(Br)c2)c1N. The van der Waals surface area contributed by atoms with Crippen LogP contribution in [-0.2, 0) is 6.54 Å². The fourth-order valence-electron chi connectivity index (χ4n) is 1.66. The lowest BCUT2D eigenvalue weighted by molar-refractivity contribution is 1.15. The van der Waals surface area contributed by atoms with Crippen LogP contribution in [0, 0.1) is 11.3 Å². The standard InChI is InChI=1S/C14H12BrN3/c15-12-5-1-3-10(7-12)9-18-13-6-2-4-11(8-16)14(13)17/h1-7,18H,9,17H2. The van der Waals surface area contributed by atoms with E-state index in [0.717, 1.165) is 15.7 Å². The molecule has 0 saturated heterocycles. The first-order valence-electron chi connectivity index (χ1n) is 5.47. The molecule has 0 heterocycles. The lowest BCUT2D eigenvalue weighted by Gasteiger charge is -2.10. The number of nitrogens with two attached hydrogens (primary N) is 1. The molecule has 3 N–H and O–H groups in total. The maximum atomic E-state index is 8.90. The summed E-state index contributed by atoms with van der Waals surface area (Å²) in [6.07, 6.45) is 0. The Kier molecular flexibility index (Phi) is 3.85. The van der Waals surface area contributed by atoms with Gasteiger partial charge in [-0.1, -0.05) is 34.1 Å². The van der Waals surface area contributed by atoms with Crippen molar-refractivity contribution in [1.82, 2.24) is 0 Å². The van der Waals surface area contributed by atoms with Crippen LogP contribution in [0.3, 0.4) is 0 Å². The van der Waals surface area contributed by atoms with E-state index in [0.29, 0.717) is 17.8 Å². The Morgan fingerprint density at radius 3 is 2.72 bits per heavy atom. The van der Waals surface area contributed by atoms with Gasteiger partial charge in [0.25, 0.3) is 0 Å². The van der Waals surface area contributed by atoms with Crippen LogP contribution in [0.2, 0.25) is 0 Å². The van der Waals surface area contributed by atoms with Gasteiger partial charge in [0.15, 0.2) is 0 Å². The molecule has 0 aliphatic carbocycles. The first kappa shape index (κ1) is 12.5. The van der Waals surface area contributed by atoms with Crippen LogP contribution in [0.5, 0.6) is 0 Å². The second kappa shape index (κ2) is 5.56. The van der Waals surface area contributed by atoms with Crippen molar-refractivity contribution in [2.24, 2.45) is 0 Å². The Morgan fingerprint density at radius 2 is 2.00 bits per heavy atom. The number of nitrogen functional groups attached to an aromatic ring is 1. The van der Waals surface area contributed by atoms with Crippen LogP contribution in [0.4, 0.5) is 11.4 Å². The van der Waals surface area contributed by atoms with E-state index in [1.54, 1.807) is 6.07 Å². The minimum absolute atomic E-state index is 0.495. The van der Waals surface area contributed by atoms with E-state index in [9.17, 15) is 0 Å². The van der Waals surface area contributed by atoms with E-state index in [1.807, 2.05) is 36.4 Å². The third-order valence-electron chi connectivity index (χ3n) is 2.60. The highest BCUT2D eigenvalue weighted by Crippen LogP contribution is 2.23. The zero-order valence-corrected chi connectivity index (χ0v) is 11.2. The molecule has 2 aromatic carbocycles. The van der Waals surface area contributed by atoms with E-state index in [-0.39, 0.29) is 0 Å². The van der Waals surface area contributed by atoms with E-state index in [4.69, 9.17) is 11.0 Å². The van der Waals surface area contributed by atoms with Crippen LogP contribution in [-0.4, -0.2) is 0 Å². The maximum absolute atomic E-state index is 8.90. The zero-order chi connectivity index (χ0) is 13.0. The number of nitrogens with one attached hydrogen (secondary N) is 1. The van der Waals surface area contributed by atoms with Crippen molar-refractivity contribution >= 4 is 27.3 Å². The fraction of sp³-hybridized carbons (Fsp3) is 0.0714. The molecule has 0 saturated carbocycles. The maximum Gasteiger partial charge on any atom is 0.101 e. The first-order valence-corrected chi connectivity index (χ1v) is 6.27. The molecule has 0 fully saturated rings. The molecule has 2 aromatic rings. The smallest absolute Gasteiger partial charge is 0.101 e. The predicted octanol–water partition coefficient (Wildman–Crippen LogP) is 3.52. The molecule has 2 rings (SSSR count). The minimum Gasteiger partial charge on any atom is -0.396 e. The number of nitrogens with zero attached hydrogens (tertiary/aromatic N) is 1. The average Bonchev–Trinajstić information content (AvgIpc) is 2.38. The summed E-state index contributed by atoms with van der Waals surface area (Å²) in [5.74, 6) is 0. The summed E-state index contributed by atoms with van der Waals surface area (Å²) in [6, 6.07) is 15.5. The number of anilines is 2. The quantitative estimate of drug-likeness (QED) is 0.853. The molecule has 4 heteroatoms. The van der Waals surface area contributed by atoms with Crippen molar-refractivity contribution in [2.75, 3.05) is 11.1 Å². The second-order valence-corrected chi connectivity index (χ2v) is 4.78. The number of halogens is 1. The number of para-hydroxylation sites is 1. The zero-order valence-electron chi connectivity index (χ0n) is 9.65. The third kappa shape index (κ3) is 2.82. The number of hydrogen-bond acceptors (Lipinski definition) is 3. The summed E-state index contributed by atoms with van der Waals surface area (Å²) >= 11 is 3.43. The molecule has 0 spiro atoms. The predicted molar refractivity (Wildman–Crippen MR) is 77.0 cm³/mol. The van der Waals surface area contributed by atoms with Gasteiger partial charge >= 0.3 is 0 Å². The minimum atomic E-state index is 0.495. The first-order chi connectivity index (χ1) is 8.70. The van der Waals surface area contributed by atoms with Gasteiger partial charge in [0.1, 0.15) is 6.07 Å². The molecule has 0 aromatic heterocycles. The van der Waals surface area contributed by atoms with E-state index >= 15 is 0 Å². The van der Waals surface area contributed by atoms with Gasteiger partial charge in [-0.3, -0.25) is 0 Å². The normalized spacial score (nSPS) is 9.78. The van der Waals surface area contributed by atoms with Crippen LogP contribution in [0.1, 0.15) is 11.1 Å². The van der Waals surface area contributed by atoms with Crippen molar-refractivity contribution in [1.29, 1.82) is 5.26 Å². The van der Waals surface area contributed by atoms with Crippen LogP contribution in [0.15, 0.2) is 46.9 Å². The monoisotopic (exact) mass is 301 g/mol.